The minimum Gasteiger partial charge on any atom is -0.480 e. The smallest absolute Gasteiger partial charge is 0.325 e. The highest BCUT2D eigenvalue weighted by molar-refractivity contribution is 9.10. The van der Waals surface area contributed by atoms with Crippen molar-refractivity contribution in [1.29, 1.82) is 0 Å². The summed E-state index contributed by atoms with van der Waals surface area (Å²) in [6.45, 7) is 0. The fourth-order valence-electron chi connectivity index (χ4n) is 2.32. The van der Waals surface area contributed by atoms with Crippen LogP contribution in [0.5, 0.6) is 0 Å². The Morgan fingerprint density at radius 3 is 2.71 bits per heavy atom. The highest BCUT2D eigenvalue weighted by atomic mass is 79.9. The Bertz CT molecular complexity index is 402. The van der Waals surface area contributed by atoms with Crippen LogP contribution in [0.1, 0.15) is 37.3 Å². The van der Waals surface area contributed by atoms with E-state index in [-0.39, 0.29) is 0 Å². The van der Waals surface area contributed by atoms with E-state index >= 15 is 0 Å². The van der Waals surface area contributed by atoms with Crippen molar-refractivity contribution in [3.8, 4) is 0 Å². The third-order valence-electron chi connectivity index (χ3n) is 3.19. The molecule has 3 nitrogen and oxygen atoms in total. The number of carboxylic acid groups (broad SMARTS) is 1. The van der Waals surface area contributed by atoms with E-state index < -0.39 is 12.0 Å². The molecule has 1 unspecified atom stereocenters. The van der Waals surface area contributed by atoms with Crippen LogP contribution >= 0.6 is 15.9 Å². The topological polar surface area (TPSA) is 49.3 Å². The third kappa shape index (κ3) is 3.30. The molecule has 1 aromatic carbocycles. The molecule has 92 valence electrons. The predicted molar refractivity (Wildman–Crippen MR) is 69.9 cm³/mol. The molecule has 0 amide bonds. The van der Waals surface area contributed by atoms with Crippen molar-refractivity contribution in [2.45, 2.75) is 37.8 Å². The normalized spacial score (nSPS) is 18.2. The van der Waals surface area contributed by atoms with Crippen LogP contribution in [0.25, 0.3) is 0 Å². The zero-order valence-electron chi connectivity index (χ0n) is 9.53. The molecule has 0 aliphatic heterocycles. The van der Waals surface area contributed by atoms with Crippen molar-refractivity contribution in [3.63, 3.8) is 0 Å². The number of aliphatic carboxylic acids is 1. The van der Waals surface area contributed by atoms with Crippen molar-refractivity contribution in [1.82, 2.24) is 5.32 Å². The number of benzene rings is 1. The molecule has 1 saturated carbocycles. The summed E-state index contributed by atoms with van der Waals surface area (Å²) >= 11 is 3.37. The van der Waals surface area contributed by atoms with E-state index in [4.69, 9.17) is 0 Å². The molecule has 1 aliphatic carbocycles. The standard InChI is InChI=1S/C13H16BrNO2/c14-10-5-3-4-9(8-10)12(13(16)17)15-11-6-1-2-7-11/h3-5,8,11-12,15H,1-2,6-7H2,(H,16,17). The number of hydrogen-bond acceptors (Lipinski definition) is 2. The molecule has 17 heavy (non-hydrogen) atoms. The fourth-order valence-corrected chi connectivity index (χ4v) is 2.74. The molecule has 1 aliphatic rings. The van der Waals surface area contributed by atoms with Gasteiger partial charge in [-0.1, -0.05) is 40.9 Å². The first-order valence-corrected chi connectivity index (χ1v) is 6.70. The van der Waals surface area contributed by atoms with Gasteiger partial charge in [0.15, 0.2) is 0 Å². The summed E-state index contributed by atoms with van der Waals surface area (Å²) < 4.78 is 0.912. The monoisotopic (exact) mass is 297 g/mol. The van der Waals surface area contributed by atoms with E-state index in [1.807, 2.05) is 24.3 Å². The van der Waals surface area contributed by atoms with Gasteiger partial charge in [-0.3, -0.25) is 10.1 Å². The minimum absolute atomic E-state index is 0.343. The Morgan fingerprint density at radius 1 is 1.41 bits per heavy atom. The summed E-state index contributed by atoms with van der Waals surface area (Å²) in [6.07, 6.45) is 4.56. The van der Waals surface area contributed by atoms with Gasteiger partial charge in [-0.15, -0.1) is 0 Å². The van der Waals surface area contributed by atoms with Crippen LogP contribution in [0, 0.1) is 0 Å². The fraction of sp³-hybridized carbons (Fsp3) is 0.462. The summed E-state index contributed by atoms with van der Waals surface area (Å²) in [4.78, 5) is 11.3. The summed E-state index contributed by atoms with van der Waals surface area (Å²) in [7, 11) is 0. The molecule has 2 rings (SSSR count). The molecule has 0 radical (unpaired) electrons. The lowest BCUT2D eigenvalue weighted by atomic mass is 10.1. The van der Waals surface area contributed by atoms with Crippen LogP contribution in [-0.2, 0) is 4.79 Å². The SMILES string of the molecule is O=C(O)C(NC1CCCC1)c1cccc(Br)c1. The van der Waals surface area contributed by atoms with E-state index in [0.717, 1.165) is 22.9 Å². The Morgan fingerprint density at radius 2 is 2.12 bits per heavy atom. The van der Waals surface area contributed by atoms with E-state index in [1.165, 1.54) is 12.8 Å². The maximum Gasteiger partial charge on any atom is 0.325 e. The highest BCUT2D eigenvalue weighted by Crippen LogP contribution is 2.24. The van der Waals surface area contributed by atoms with Crippen LogP contribution in [0.3, 0.4) is 0 Å². The van der Waals surface area contributed by atoms with Crippen molar-refractivity contribution in [2.24, 2.45) is 0 Å². The highest BCUT2D eigenvalue weighted by Gasteiger charge is 2.25. The zero-order chi connectivity index (χ0) is 12.3. The molecule has 1 atom stereocenters. The van der Waals surface area contributed by atoms with Crippen molar-refractivity contribution in [3.05, 3.63) is 34.3 Å². The van der Waals surface area contributed by atoms with Crippen LogP contribution in [0.2, 0.25) is 0 Å². The van der Waals surface area contributed by atoms with Gasteiger partial charge in [0.2, 0.25) is 0 Å². The quantitative estimate of drug-likeness (QED) is 0.898. The van der Waals surface area contributed by atoms with Crippen molar-refractivity contribution < 1.29 is 9.90 Å². The average molecular weight is 298 g/mol. The van der Waals surface area contributed by atoms with E-state index in [2.05, 4.69) is 21.2 Å². The largest absolute Gasteiger partial charge is 0.480 e. The number of nitrogens with one attached hydrogen (secondary N) is 1. The van der Waals surface area contributed by atoms with Gasteiger partial charge in [-0.05, 0) is 30.5 Å². The molecule has 0 heterocycles. The Labute approximate surface area is 109 Å². The molecule has 1 aromatic rings. The summed E-state index contributed by atoms with van der Waals surface area (Å²) in [5.41, 5.74) is 0.804. The zero-order valence-corrected chi connectivity index (χ0v) is 11.1. The number of carboxylic acids is 1. The van der Waals surface area contributed by atoms with Crippen LogP contribution in [-0.4, -0.2) is 17.1 Å². The maximum absolute atomic E-state index is 11.3. The van der Waals surface area contributed by atoms with Crippen LogP contribution < -0.4 is 5.32 Å². The molecule has 0 aromatic heterocycles. The second-order valence-electron chi connectivity index (χ2n) is 4.47. The molecule has 4 heteroatoms. The minimum atomic E-state index is -0.810. The second kappa shape index (κ2) is 5.65. The molecule has 2 N–H and O–H groups in total. The third-order valence-corrected chi connectivity index (χ3v) is 3.68. The van der Waals surface area contributed by atoms with Crippen molar-refractivity contribution >= 4 is 21.9 Å². The lowest BCUT2D eigenvalue weighted by Crippen LogP contribution is -2.35. The van der Waals surface area contributed by atoms with E-state index in [9.17, 15) is 9.90 Å². The van der Waals surface area contributed by atoms with Crippen molar-refractivity contribution in [2.75, 3.05) is 0 Å². The van der Waals surface area contributed by atoms with Gasteiger partial charge in [0.05, 0.1) is 0 Å². The van der Waals surface area contributed by atoms with Gasteiger partial charge in [0.25, 0.3) is 0 Å². The Balaban J connectivity index is 2.13. The lowest BCUT2D eigenvalue weighted by Gasteiger charge is -2.19. The first-order chi connectivity index (χ1) is 8.16. The number of hydrogen-bond donors (Lipinski definition) is 2. The number of halogens is 1. The lowest BCUT2D eigenvalue weighted by molar-refractivity contribution is -0.139. The summed E-state index contributed by atoms with van der Waals surface area (Å²) in [5, 5.41) is 12.5. The number of carbonyl (C=O) groups is 1. The van der Waals surface area contributed by atoms with Gasteiger partial charge in [0, 0.05) is 10.5 Å². The summed E-state index contributed by atoms with van der Waals surface area (Å²) in [5.74, 6) is -0.810. The first-order valence-electron chi connectivity index (χ1n) is 5.91. The molecule has 0 spiro atoms. The molecule has 0 saturated heterocycles. The van der Waals surface area contributed by atoms with Gasteiger partial charge < -0.3 is 5.11 Å². The van der Waals surface area contributed by atoms with Crippen LogP contribution in [0.4, 0.5) is 0 Å². The van der Waals surface area contributed by atoms with E-state index in [0.29, 0.717) is 6.04 Å². The Hall–Kier alpha value is -0.870. The van der Waals surface area contributed by atoms with Crippen LogP contribution in [0.15, 0.2) is 28.7 Å². The molecule has 1 fully saturated rings. The summed E-state index contributed by atoms with van der Waals surface area (Å²) in [6, 6.07) is 7.22. The molecular weight excluding hydrogens is 282 g/mol. The van der Waals surface area contributed by atoms with Gasteiger partial charge in [0.1, 0.15) is 6.04 Å². The second-order valence-corrected chi connectivity index (χ2v) is 5.39. The molecular formula is C13H16BrNO2. The first kappa shape index (κ1) is 12.6. The predicted octanol–water partition coefficient (Wildman–Crippen LogP) is 3.11. The van der Waals surface area contributed by atoms with E-state index in [1.54, 1.807) is 0 Å². The van der Waals surface area contributed by atoms with Gasteiger partial charge in [-0.25, -0.2) is 0 Å². The number of rotatable bonds is 4. The average Bonchev–Trinajstić information content (AvgIpc) is 2.78. The van der Waals surface area contributed by atoms with Gasteiger partial charge in [-0.2, -0.15) is 0 Å². The van der Waals surface area contributed by atoms with Gasteiger partial charge >= 0.3 is 5.97 Å². The molecule has 0 bridgehead atoms. The Kier molecular flexibility index (Phi) is 4.18. The maximum atomic E-state index is 11.3.